The number of halogens is 1. The zero-order chi connectivity index (χ0) is 16.9. The fourth-order valence-electron chi connectivity index (χ4n) is 2.26. The molecule has 0 spiro atoms. The minimum Gasteiger partial charge on any atom is -0.321 e. The molecule has 1 aromatic heterocycles. The van der Waals surface area contributed by atoms with E-state index in [1.807, 2.05) is 6.07 Å². The van der Waals surface area contributed by atoms with Gasteiger partial charge in [-0.15, -0.1) is 0 Å². The van der Waals surface area contributed by atoms with Gasteiger partial charge in [0.05, 0.1) is 5.69 Å². The number of nitrogens with zero attached hydrogens (tertiary/aromatic N) is 1. The van der Waals surface area contributed by atoms with Gasteiger partial charge in [0.1, 0.15) is 0 Å². The van der Waals surface area contributed by atoms with Crippen molar-refractivity contribution >= 4 is 29.0 Å². The summed E-state index contributed by atoms with van der Waals surface area (Å²) >= 11 is 6.03. The summed E-state index contributed by atoms with van der Waals surface area (Å²) in [4.78, 5) is 28.9. The Kier molecular flexibility index (Phi) is 4.68. The van der Waals surface area contributed by atoms with Crippen molar-refractivity contribution in [2.75, 3.05) is 5.32 Å². The van der Waals surface area contributed by atoms with E-state index in [-0.39, 0.29) is 11.7 Å². The van der Waals surface area contributed by atoms with Crippen molar-refractivity contribution in [1.82, 2.24) is 4.98 Å². The quantitative estimate of drug-likeness (QED) is 0.726. The molecule has 0 saturated carbocycles. The molecule has 0 atom stereocenters. The molecule has 0 bridgehead atoms. The van der Waals surface area contributed by atoms with E-state index in [1.165, 1.54) is 12.4 Å². The smallest absolute Gasteiger partial charge is 0.255 e. The molecule has 118 valence electrons. The van der Waals surface area contributed by atoms with Crippen LogP contribution in [-0.2, 0) is 0 Å². The minimum absolute atomic E-state index is 0.205. The van der Waals surface area contributed by atoms with Crippen molar-refractivity contribution in [3.8, 4) is 0 Å². The maximum Gasteiger partial charge on any atom is 0.255 e. The molecule has 5 heteroatoms. The Labute approximate surface area is 144 Å². The normalized spacial score (nSPS) is 10.2. The van der Waals surface area contributed by atoms with Crippen LogP contribution in [-0.4, -0.2) is 16.7 Å². The lowest BCUT2D eigenvalue weighted by Gasteiger charge is -2.11. The first-order chi connectivity index (χ1) is 11.6. The fourth-order valence-corrected chi connectivity index (χ4v) is 2.43. The topological polar surface area (TPSA) is 59.1 Å². The lowest BCUT2D eigenvalue weighted by Crippen LogP contribution is -2.15. The van der Waals surface area contributed by atoms with Crippen LogP contribution in [0.4, 0.5) is 5.69 Å². The Balaban J connectivity index is 1.94. The molecule has 24 heavy (non-hydrogen) atoms. The number of anilines is 1. The van der Waals surface area contributed by atoms with Crippen LogP contribution >= 0.6 is 11.6 Å². The van der Waals surface area contributed by atoms with Gasteiger partial charge in [-0.1, -0.05) is 41.9 Å². The third kappa shape index (κ3) is 3.50. The lowest BCUT2D eigenvalue weighted by molar-refractivity contribution is 0.102. The molecule has 1 heterocycles. The highest BCUT2D eigenvalue weighted by Crippen LogP contribution is 2.24. The van der Waals surface area contributed by atoms with Crippen LogP contribution in [0.15, 0.2) is 73.1 Å². The minimum atomic E-state index is -0.318. The fraction of sp³-hybridized carbons (Fsp3) is 0. The van der Waals surface area contributed by atoms with E-state index >= 15 is 0 Å². The number of hydrogen-bond donors (Lipinski definition) is 1. The summed E-state index contributed by atoms with van der Waals surface area (Å²) in [5.41, 5.74) is 1.74. The predicted molar refractivity (Wildman–Crippen MR) is 93.5 cm³/mol. The standard InChI is InChI=1S/C19H13ClN2O2/c20-15-6-7-17(22-19(24)14-8-10-21-11-9-14)16(12-15)18(23)13-4-2-1-3-5-13/h1-12H,(H,22,24). The van der Waals surface area contributed by atoms with E-state index in [4.69, 9.17) is 11.6 Å². The van der Waals surface area contributed by atoms with Crippen LogP contribution in [0.1, 0.15) is 26.3 Å². The second-order valence-electron chi connectivity index (χ2n) is 5.08. The highest BCUT2D eigenvalue weighted by molar-refractivity contribution is 6.31. The van der Waals surface area contributed by atoms with Crippen molar-refractivity contribution in [3.05, 3.63) is 94.8 Å². The second-order valence-corrected chi connectivity index (χ2v) is 5.51. The second kappa shape index (κ2) is 7.06. The van der Waals surface area contributed by atoms with Gasteiger partial charge in [-0.3, -0.25) is 14.6 Å². The first-order valence-corrected chi connectivity index (χ1v) is 7.63. The number of hydrogen-bond acceptors (Lipinski definition) is 3. The van der Waals surface area contributed by atoms with E-state index < -0.39 is 0 Å². The van der Waals surface area contributed by atoms with Gasteiger partial charge < -0.3 is 5.32 Å². The molecule has 4 nitrogen and oxygen atoms in total. The summed E-state index contributed by atoms with van der Waals surface area (Å²) in [5, 5.41) is 3.19. The molecule has 1 amide bonds. The number of aromatic nitrogens is 1. The number of nitrogens with one attached hydrogen (secondary N) is 1. The molecule has 3 rings (SSSR count). The lowest BCUT2D eigenvalue weighted by atomic mass is 10.0. The van der Waals surface area contributed by atoms with Crippen molar-refractivity contribution < 1.29 is 9.59 Å². The SMILES string of the molecule is O=C(Nc1ccc(Cl)cc1C(=O)c1ccccc1)c1ccncc1. The van der Waals surface area contributed by atoms with Crippen molar-refractivity contribution in [2.45, 2.75) is 0 Å². The van der Waals surface area contributed by atoms with Crippen molar-refractivity contribution in [3.63, 3.8) is 0 Å². The Hall–Kier alpha value is -2.98. The summed E-state index contributed by atoms with van der Waals surface area (Å²) in [7, 11) is 0. The highest BCUT2D eigenvalue weighted by Gasteiger charge is 2.16. The summed E-state index contributed by atoms with van der Waals surface area (Å²) in [6.07, 6.45) is 3.07. The Morgan fingerprint density at radius 1 is 0.875 bits per heavy atom. The van der Waals surface area contributed by atoms with Crippen LogP contribution in [0, 0.1) is 0 Å². The van der Waals surface area contributed by atoms with Crippen molar-refractivity contribution in [1.29, 1.82) is 0 Å². The van der Waals surface area contributed by atoms with Crippen LogP contribution in [0.2, 0.25) is 5.02 Å². The van der Waals surface area contributed by atoms with Crippen LogP contribution < -0.4 is 5.32 Å². The Morgan fingerprint density at radius 3 is 2.29 bits per heavy atom. The average Bonchev–Trinajstić information content (AvgIpc) is 2.64. The van der Waals surface area contributed by atoms with E-state index in [0.717, 1.165) is 0 Å². The zero-order valence-corrected chi connectivity index (χ0v) is 13.3. The molecule has 0 aliphatic carbocycles. The number of carbonyl (C=O) groups is 2. The maximum atomic E-state index is 12.7. The number of benzene rings is 2. The Morgan fingerprint density at radius 2 is 1.58 bits per heavy atom. The number of ketones is 1. The summed E-state index contributed by atoms with van der Waals surface area (Å²) in [5.74, 6) is -0.523. The number of carbonyl (C=O) groups excluding carboxylic acids is 2. The van der Waals surface area contributed by atoms with Gasteiger partial charge in [0.25, 0.3) is 5.91 Å². The van der Waals surface area contributed by atoms with Gasteiger partial charge in [-0.05, 0) is 30.3 Å². The van der Waals surface area contributed by atoms with Gasteiger partial charge in [-0.25, -0.2) is 0 Å². The third-order valence-electron chi connectivity index (χ3n) is 3.45. The van der Waals surface area contributed by atoms with Crippen LogP contribution in [0.5, 0.6) is 0 Å². The summed E-state index contributed by atoms with van der Waals surface area (Å²) in [6.45, 7) is 0. The molecule has 0 aliphatic rings. The third-order valence-corrected chi connectivity index (χ3v) is 3.69. The van der Waals surface area contributed by atoms with Crippen LogP contribution in [0.3, 0.4) is 0 Å². The van der Waals surface area contributed by atoms with Crippen LogP contribution in [0.25, 0.3) is 0 Å². The maximum absolute atomic E-state index is 12.7. The molecule has 0 radical (unpaired) electrons. The van der Waals surface area contributed by atoms with Gasteiger partial charge in [-0.2, -0.15) is 0 Å². The monoisotopic (exact) mass is 336 g/mol. The van der Waals surface area contributed by atoms with E-state index in [0.29, 0.717) is 27.4 Å². The predicted octanol–water partition coefficient (Wildman–Crippen LogP) is 4.22. The first kappa shape index (κ1) is 15.9. The number of rotatable bonds is 4. The molecule has 3 aromatic rings. The number of amides is 1. The summed E-state index contributed by atoms with van der Waals surface area (Å²) in [6, 6.07) is 16.9. The molecule has 0 unspecified atom stereocenters. The van der Waals surface area contributed by atoms with Gasteiger partial charge in [0.15, 0.2) is 5.78 Å². The largest absolute Gasteiger partial charge is 0.321 e. The molecule has 0 fully saturated rings. The van der Waals surface area contributed by atoms with E-state index in [9.17, 15) is 9.59 Å². The molecule has 1 N–H and O–H groups in total. The summed E-state index contributed by atoms with van der Waals surface area (Å²) < 4.78 is 0. The zero-order valence-electron chi connectivity index (χ0n) is 12.6. The van der Waals surface area contributed by atoms with E-state index in [2.05, 4.69) is 10.3 Å². The molecular weight excluding hydrogens is 324 g/mol. The average molecular weight is 337 g/mol. The highest BCUT2D eigenvalue weighted by atomic mass is 35.5. The van der Waals surface area contributed by atoms with Gasteiger partial charge in [0, 0.05) is 34.1 Å². The molecule has 2 aromatic carbocycles. The van der Waals surface area contributed by atoms with Gasteiger partial charge >= 0.3 is 0 Å². The number of pyridine rings is 1. The van der Waals surface area contributed by atoms with Gasteiger partial charge in [0.2, 0.25) is 0 Å². The molecule has 0 saturated heterocycles. The molecule has 0 aliphatic heterocycles. The van der Waals surface area contributed by atoms with Crippen molar-refractivity contribution in [2.24, 2.45) is 0 Å². The first-order valence-electron chi connectivity index (χ1n) is 7.26. The molecular formula is C19H13ClN2O2. The Bertz CT molecular complexity index is 880. The van der Waals surface area contributed by atoms with E-state index in [1.54, 1.807) is 54.6 Å².